The molecule has 1 fully saturated rings. The van der Waals surface area contributed by atoms with E-state index in [-0.39, 0.29) is 0 Å². The average Bonchev–Trinajstić information content (AvgIpc) is 2.57. The average molecular weight is 284 g/mol. The summed E-state index contributed by atoms with van der Waals surface area (Å²) in [5, 5.41) is 1.07. The zero-order valence-corrected chi connectivity index (χ0v) is 11.1. The van der Waals surface area contributed by atoms with Gasteiger partial charge in [0.15, 0.2) is 0 Å². The Morgan fingerprint density at radius 2 is 2.12 bits per heavy atom. The quantitative estimate of drug-likeness (QED) is 0.791. The van der Waals surface area contributed by atoms with Gasteiger partial charge in [-0.05, 0) is 25.1 Å². The summed E-state index contributed by atoms with van der Waals surface area (Å²) in [5.41, 5.74) is 0. The topological polar surface area (TPSA) is 19.4 Å². The van der Waals surface area contributed by atoms with E-state index in [9.17, 15) is 0 Å². The maximum absolute atomic E-state index is 4.41. The van der Waals surface area contributed by atoms with Crippen molar-refractivity contribution in [2.24, 2.45) is 0 Å². The van der Waals surface area contributed by atoms with Gasteiger partial charge in [0.2, 0.25) is 0 Å². The molecule has 1 aromatic rings. The van der Waals surface area contributed by atoms with E-state index in [1.807, 2.05) is 12.3 Å². The highest BCUT2D eigenvalue weighted by molar-refractivity contribution is 9.09. The summed E-state index contributed by atoms with van der Waals surface area (Å²) in [6, 6.07) is 6.13. The number of hydrogen-bond acceptors (Lipinski definition) is 3. The van der Waals surface area contributed by atoms with Gasteiger partial charge in [-0.3, -0.25) is 0 Å². The van der Waals surface area contributed by atoms with Crippen molar-refractivity contribution in [3.63, 3.8) is 0 Å². The van der Waals surface area contributed by atoms with Crippen LogP contribution in [0.5, 0.6) is 0 Å². The molecular weight excluding hydrogens is 266 g/mol. The fourth-order valence-corrected chi connectivity index (χ4v) is 2.59. The van der Waals surface area contributed by atoms with Gasteiger partial charge in [-0.2, -0.15) is 0 Å². The number of pyridine rings is 1. The van der Waals surface area contributed by atoms with E-state index in [0.717, 1.165) is 37.3 Å². The first kappa shape index (κ1) is 11.9. The lowest BCUT2D eigenvalue weighted by Crippen LogP contribution is -2.32. The molecule has 0 spiro atoms. The number of hydrogen-bond donors (Lipinski definition) is 0. The van der Waals surface area contributed by atoms with Crippen molar-refractivity contribution in [1.82, 2.24) is 9.88 Å². The molecule has 0 atom stereocenters. The van der Waals surface area contributed by atoms with Crippen LogP contribution in [0.2, 0.25) is 0 Å². The summed E-state index contributed by atoms with van der Waals surface area (Å²) in [6.07, 6.45) is 3.10. The van der Waals surface area contributed by atoms with Gasteiger partial charge in [0.1, 0.15) is 5.82 Å². The summed E-state index contributed by atoms with van der Waals surface area (Å²) in [5.74, 6) is 1.11. The van der Waals surface area contributed by atoms with Crippen LogP contribution in [0.25, 0.3) is 0 Å². The summed E-state index contributed by atoms with van der Waals surface area (Å²) in [7, 11) is 0. The van der Waals surface area contributed by atoms with Crippen molar-refractivity contribution in [2.75, 3.05) is 43.0 Å². The molecule has 0 radical (unpaired) electrons. The van der Waals surface area contributed by atoms with E-state index in [0.29, 0.717) is 0 Å². The summed E-state index contributed by atoms with van der Waals surface area (Å²) >= 11 is 3.50. The van der Waals surface area contributed by atoms with Gasteiger partial charge in [0.25, 0.3) is 0 Å². The zero-order valence-electron chi connectivity index (χ0n) is 9.48. The molecule has 2 heterocycles. The lowest BCUT2D eigenvalue weighted by atomic mass is 10.3. The van der Waals surface area contributed by atoms with Crippen LogP contribution in [0.15, 0.2) is 24.4 Å². The van der Waals surface area contributed by atoms with E-state index in [1.165, 1.54) is 13.0 Å². The van der Waals surface area contributed by atoms with E-state index >= 15 is 0 Å². The van der Waals surface area contributed by atoms with Crippen molar-refractivity contribution in [3.8, 4) is 0 Å². The predicted octanol–water partition coefficient (Wildman–Crippen LogP) is 1.99. The van der Waals surface area contributed by atoms with Gasteiger partial charge in [-0.25, -0.2) is 4.98 Å². The van der Waals surface area contributed by atoms with Crippen molar-refractivity contribution < 1.29 is 0 Å². The molecule has 0 amide bonds. The first-order valence-corrected chi connectivity index (χ1v) is 6.96. The number of rotatable bonds is 3. The molecule has 3 nitrogen and oxygen atoms in total. The second-order valence-electron chi connectivity index (χ2n) is 4.06. The van der Waals surface area contributed by atoms with Gasteiger partial charge >= 0.3 is 0 Å². The van der Waals surface area contributed by atoms with Crippen molar-refractivity contribution >= 4 is 21.7 Å². The van der Waals surface area contributed by atoms with Gasteiger partial charge in [-0.1, -0.05) is 22.0 Å². The Morgan fingerprint density at radius 3 is 2.88 bits per heavy atom. The first-order chi connectivity index (χ1) is 7.90. The van der Waals surface area contributed by atoms with Crippen LogP contribution in [0, 0.1) is 0 Å². The molecule has 0 bridgehead atoms. The Morgan fingerprint density at radius 1 is 1.19 bits per heavy atom. The molecule has 16 heavy (non-hydrogen) atoms. The summed E-state index contributed by atoms with van der Waals surface area (Å²) in [6.45, 7) is 5.70. The minimum Gasteiger partial charge on any atom is -0.355 e. The fourth-order valence-electron chi connectivity index (χ4n) is 2.08. The smallest absolute Gasteiger partial charge is 0.128 e. The molecule has 0 saturated carbocycles. The molecule has 0 aliphatic carbocycles. The Hall–Kier alpha value is -0.610. The molecule has 88 valence electrons. The Balaban J connectivity index is 1.94. The van der Waals surface area contributed by atoms with Crippen LogP contribution in [-0.4, -0.2) is 47.9 Å². The molecule has 0 N–H and O–H groups in total. The van der Waals surface area contributed by atoms with E-state index < -0.39 is 0 Å². The highest BCUT2D eigenvalue weighted by Gasteiger charge is 2.14. The van der Waals surface area contributed by atoms with Crippen LogP contribution in [0.1, 0.15) is 6.42 Å². The maximum Gasteiger partial charge on any atom is 0.128 e. The van der Waals surface area contributed by atoms with Gasteiger partial charge in [0, 0.05) is 37.7 Å². The molecule has 4 heteroatoms. The van der Waals surface area contributed by atoms with Crippen LogP contribution in [0.4, 0.5) is 5.82 Å². The third-order valence-corrected chi connectivity index (χ3v) is 3.32. The molecule has 0 aromatic carbocycles. The molecule has 0 unspecified atom stereocenters. The molecular formula is C12H18BrN3. The minimum absolute atomic E-state index is 1.07. The van der Waals surface area contributed by atoms with Crippen LogP contribution >= 0.6 is 15.9 Å². The van der Waals surface area contributed by atoms with Crippen molar-refractivity contribution in [1.29, 1.82) is 0 Å². The van der Waals surface area contributed by atoms with Gasteiger partial charge in [0.05, 0.1) is 0 Å². The monoisotopic (exact) mass is 283 g/mol. The lowest BCUT2D eigenvalue weighted by molar-refractivity contribution is 0.313. The number of halogens is 1. The number of nitrogens with zero attached hydrogens (tertiary/aromatic N) is 3. The Labute approximate surface area is 106 Å². The van der Waals surface area contributed by atoms with E-state index in [4.69, 9.17) is 0 Å². The Kier molecular flexibility index (Phi) is 4.60. The maximum atomic E-state index is 4.41. The molecule has 1 aliphatic rings. The normalized spacial score (nSPS) is 18.4. The molecule has 1 aromatic heterocycles. The number of alkyl halides is 1. The fraction of sp³-hybridized carbons (Fsp3) is 0.583. The largest absolute Gasteiger partial charge is 0.355 e. The second-order valence-corrected chi connectivity index (χ2v) is 4.85. The predicted molar refractivity (Wildman–Crippen MR) is 71.3 cm³/mol. The number of aromatic nitrogens is 1. The van der Waals surface area contributed by atoms with Crippen molar-refractivity contribution in [3.05, 3.63) is 24.4 Å². The van der Waals surface area contributed by atoms with Crippen molar-refractivity contribution in [2.45, 2.75) is 6.42 Å². The standard InChI is InChI=1S/C12H18BrN3/c13-5-9-15-7-3-8-16(11-10-15)12-4-1-2-6-14-12/h1-2,4,6H,3,5,7-11H2. The summed E-state index contributed by atoms with van der Waals surface area (Å²) < 4.78 is 0. The zero-order chi connectivity index (χ0) is 11.2. The van der Waals surface area contributed by atoms with E-state index in [2.05, 4.69) is 42.8 Å². The summed E-state index contributed by atoms with van der Waals surface area (Å²) in [4.78, 5) is 9.31. The van der Waals surface area contributed by atoms with Gasteiger partial charge < -0.3 is 9.80 Å². The minimum atomic E-state index is 1.07. The number of anilines is 1. The third-order valence-electron chi connectivity index (χ3n) is 2.96. The third kappa shape index (κ3) is 3.19. The van der Waals surface area contributed by atoms with E-state index in [1.54, 1.807) is 0 Å². The van der Waals surface area contributed by atoms with Gasteiger partial charge in [-0.15, -0.1) is 0 Å². The Bertz CT molecular complexity index is 304. The highest BCUT2D eigenvalue weighted by Crippen LogP contribution is 2.12. The molecule has 1 saturated heterocycles. The van der Waals surface area contributed by atoms with Crippen LogP contribution in [-0.2, 0) is 0 Å². The SMILES string of the molecule is BrCCN1CCCN(c2ccccn2)CC1. The first-order valence-electron chi connectivity index (χ1n) is 5.84. The van der Waals surface area contributed by atoms with Crippen LogP contribution < -0.4 is 4.90 Å². The molecule has 2 rings (SSSR count). The lowest BCUT2D eigenvalue weighted by Gasteiger charge is -2.22. The highest BCUT2D eigenvalue weighted by atomic mass is 79.9. The van der Waals surface area contributed by atoms with Crippen LogP contribution in [0.3, 0.4) is 0 Å². The molecule has 1 aliphatic heterocycles. The second kappa shape index (κ2) is 6.21.